The number of hydrogen-bond donors (Lipinski definition) is 3. The molecule has 59 heavy (non-hydrogen) atoms. The van der Waals surface area contributed by atoms with E-state index < -0.39 is 36.2 Å². The second-order valence-electron chi connectivity index (χ2n) is 20.3. The average Bonchev–Trinajstić information content (AvgIpc) is 3.57. The van der Waals surface area contributed by atoms with Gasteiger partial charge in [0.15, 0.2) is 0 Å². The molecule has 4 fully saturated rings. The smallest absolute Gasteiger partial charge is 0.480 e. The first kappa shape index (κ1) is 45.1. The number of halogens is 4. The zero-order valence-corrected chi connectivity index (χ0v) is 35.8. The first-order chi connectivity index (χ1) is 27.5. The Morgan fingerprint density at radius 2 is 1.54 bits per heavy atom. The molecule has 1 aromatic rings. The third-order valence-electron chi connectivity index (χ3n) is 17.3. The van der Waals surface area contributed by atoms with E-state index in [1.54, 1.807) is 0 Å². The van der Waals surface area contributed by atoms with E-state index in [9.17, 15) is 32.3 Å². The average molecular weight is 828 g/mol. The van der Waals surface area contributed by atoms with Crippen LogP contribution in [0.4, 0.5) is 17.6 Å². The van der Waals surface area contributed by atoms with E-state index in [2.05, 4.69) is 65.6 Å². The van der Waals surface area contributed by atoms with Gasteiger partial charge in [0.25, 0.3) is 0 Å². The van der Waals surface area contributed by atoms with Crippen molar-refractivity contribution in [3.8, 4) is 0 Å². The fraction of sp³-hybridized carbons (Fsp3) is 0.688. The molecular formula is C48H65F4NO6. The van der Waals surface area contributed by atoms with Crippen LogP contribution in [0.1, 0.15) is 124 Å². The highest BCUT2D eigenvalue weighted by Gasteiger charge is 2.70. The second kappa shape index (κ2) is 16.1. The van der Waals surface area contributed by atoms with Gasteiger partial charge < -0.3 is 20.3 Å². The maximum absolute atomic E-state index is 14.7. The molecule has 10 atom stereocenters. The lowest BCUT2D eigenvalue weighted by molar-refractivity contribution is -0.221. The largest absolute Gasteiger partial charge is 0.490 e. The van der Waals surface area contributed by atoms with Gasteiger partial charge >= 0.3 is 24.1 Å². The summed E-state index contributed by atoms with van der Waals surface area (Å²) in [5.41, 5.74) is 4.25. The van der Waals surface area contributed by atoms with Crippen LogP contribution in [0.3, 0.4) is 0 Å². The quantitative estimate of drug-likeness (QED) is 0.129. The van der Waals surface area contributed by atoms with Gasteiger partial charge in [0.05, 0.1) is 12.0 Å². The molecule has 0 spiro atoms. The van der Waals surface area contributed by atoms with Gasteiger partial charge in [0.2, 0.25) is 0 Å². The summed E-state index contributed by atoms with van der Waals surface area (Å²) < 4.78 is 52.1. The van der Waals surface area contributed by atoms with Crippen LogP contribution in [0, 0.1) is 56.7 Å². The van der Waals surface area contributed by atoms with Crippen molar-refractivity contribution in [2.45, 2.75) is 137 Å². The van der Waals surface area contributed by atoms with Gasteiger partial charge in [-0.1, -0.05) is 89.3 Å². The number of benzene rings is 1. The molecule has 0 unspecified atom stereocenters. The van der Waals surface area contributed by atoms with Crippen LogP contribution in [0.2, 0.25) is 0 Å². The number of carboxylic acid groups (broad SMARTS) is 2. The Balaban J connectivity index is 0.000000768. The Morgan fingerprint density at radius 1 is 0.864 bits per heavy atom. The molecule has 11 heteroatoms. The summed E-state index contributed by atoms with van der Waals surface area (Å²) in [4.78, 5) is 34.0. The molecule has 0 bridgehead atoms. The summed E-state index contributed by atoms with van der Waals surface area (Å²) in [6.07, 6.45) is 11.5. The molecule has 6 aliphatic carbocycles. The van der Waals surface area contributed by atoms with Crippen molar-refractivity contribution in [3.63, 3.8) is 0 Å². The summed E-state index contributed by atoms with van der Waals surface area (Å²) in [5.74, 6) is -1.35. The number of nitrogens with one attached hydrogen (secondary N) is 1. The van der Waals surface area contributed by atoms with E-state index in [4.69, 9.17) is 14.6 Å². The lowest BCUT2D eigenvalue weighted by atomic mass is 9.33. The minimum absolute atomic E-state index is 0.0274. The number of alkyl halides is 4. The van der Waals surface area contributed by atoms with Crippen LogP contribution in [0.15, 0.2) is 65.8 Å². The molecule has 6 aliphatic rings. The van der Waals surface area contributed by atoms with E-state index in [1.807, 2.05) is 30.3 Å². The van der Waals surface area contributed by atoms with E-state index in [1.165, 1.54) is 42.4 Å². The Morgan fingerprint density at radius 3 is 2.12 bits per heavy atom. The lowest BCUT2D eigenvalue weighted by Crippen LogP contribution is -2.68. The molecule has 7 nitrogen and oxygen atoms in total. The highest BCUT2D eigenvalue weighted by molar-refractivity contribution is 5.78. The Bertz CT molecular complexity index is 1860. The van der Waals surface area contributed by atoms with Crippen molar-refractivity contribution < 1.29 is 46.9 Å². The molecule has 0 radical (unpaired) electrons. The van der Waals surface area contributed by atoms with Crippen LogP contribution in [0.25, 0.3) is 0 Å². The summed E-state index contributed by atoms with van der Waals surface area (Å²) in [7, 11) is 0. The Kier molecular flexibility index (Phi) is 12.3. The zero-order chi connectivity index (χ0) is 43.4. The number of carbonyl (C=O) groups is 3. The molecule has 3 N–H and O–H groups in total. The van der Waals surface area contributed by atoms with Crippen LogP contribution in [-0.2, 0) is 25.7 Å². The number of rotatable bonds is 9. The normalized spacial score (nSPS) is 38.4. The SMILES string of the molecule is C=C(C)[C@@H]1CC[C@]2(NCC(=O)O)CC[C@]3(C)[C@H](CC[C@@H]4[C@@]5(C)CC=C(C6=CC[C@](CF)(C(=O)OCc7ccccc7)CC6)C(C)(C)[C@@H]5CC[C@]43C)[C@@H]12.O=C(O)C(F)(F)F. The monoisotopic (exact) mass is 827 g/mol. The number of fused-ring (bicyclic) bond motifs is 7. The summed E-state index contributed by atoms with van der Waals surface area (Å²) in [5, 5.41) is 20.5. The number of carbonyl (C=O) groups excluding carboxylic acids is 1. The number of allylic oxidation sites excluding steroid dienone is 5. The molecule has 1 aromatic carbocycles. The standard InChI is InChI=1S/C46H64FNO4.C2HF3O2/c1-30(2)33-17-24-46(48-27-38(49)50)26-25-43(6)35(39(33)46)13-14-37-42(5)20-18-34(41(3,4)36(42)19-21-44(37,43)7)32-15-22-45(29-47,23-16-32)40(51)52-28-31-11-9-8-10-12-31;3-2(4,5)1(6)7/h8-12,15,18,33,35-37,39,48H,1,13-14,16-17,19-29H2,2-7H3,(H,49,50);(H,6,7)/t33-,35+,36-,37+,39+,42-,43+,44+,45-,46-;/m0./s1. The Labute approximate surface area is 347 Å². The van der Waals surface area contributed by atoms with Crippen LogP contribution >= 0.6 is 0 Å². The van der Waals surface area contributed by atoms with E-state index in [-0.39, 0.29) is 40.4 Å². The maximum atomic E-state index is 14.7. The number of carboxylic acids is 2. The molecule has 0 amide bonds. The number of hydrogen-bond acceptors (Lipinski definition) is 5. The van der Waals surface area contributed by atoms with Gasteiger partial charge in [0.1, 0.15) is 13.3 Å². The molecule has 0 saturated heterocycles. The lowest BCUT2D eigenvalue weighted by Gasteiger charge is -2.72. The highest BCUT2D eigenvalue weighted by Crippen LogP contribution is 2.76. The van der Waals surface area contributed by atoms with E-state index in [0.29, 0.717) is 48.9 Å². The fourth-order valence-corrected chi connectivity index (χ4v) is 14.2. The van der Waals surface area contributed by atoms with Crippen LogP contribution in [-0.4, -0.2) is 53.1 Å². The van der Waals surface area contributed by atoms with Gasteiger partial charge in [0, 0.05) is 5.54 Å². The number of ether oxygens (including phenoxy) is 1. The van der Waals surface area contributed by atoms with Crippen molar-refractivity contribution in [2.75, 3.05) is 13.2 Å². The fourth-order valence-electron chi connectivity index (χ4n) is 14.2. The number of aliphatic carboxylic acids is 2. The van der Waals surface area contributed by atoms with Gasteiger partial charge in [-0.2, -0.15) is 13.2 Å². The van der Waals surface area contributed by atoms with Gasteiger partial charge in [-0.25, -0.2) is 9.18 Å². The van der Waals surface area contributed by atoms with Crippen molar-refractivity contribution in [1.29, 1.82) is 0 Å². The van der Waals surface area contributed by atoms with E-state index >= 15 is 0 Å². The highest BCUT2D eigenvalue weighted by atomic mass is 19.4. The minimum Gasteiger partial charge on any atom is -0.480 e. The third kappa shape index (κ3) is 7.73. The second-order valence-corrected chi connectivity index (χ2v) is 20.3. The minimum atomic E-state index is -5.08. The first-order valence-electron chi connectivity index (χ1n) is 21.6. The zero-order valence-electron chi connectivity index (χ0n) is 35.8. The molecule has 0 aliphatic heterocycles. The van der Waals surface area contributed by atoms with Gasteiger partial charge in [-0.05, 0) is 152 Å². The molecule has 0 heterocycles. The molecule has 7 rings (SSSR count). The summed E-state index contributed by atoms with van der Waals surface area (Å²) >= 11 is 0. The molecule has 326 valence electrons. The van der Waals surface area contributed by atoms with Crippen molar-refractivity contribution in [2.24, 2.45) is 56.7 Å². The van der Waals surface area contributed by atoms with Gasteiger partial charge in [-0.15, -0.1) is 0 Å². The predicted octanol–water partition coefficient (Wildman–Crippen LogP) is 11.0. The van der Waals surface area contributed by atoms with E-state index in [0.717, 1.165) is 37.7 Å². The topological polar surface area (TPSA) is 113 Å². The van der Waals surface area contributed by atoms with Crippen LogP contribution < -0.4 is 5.32 Å². The van der Waals surface area contributed by atoms with Crippen molar-refractivity contribution in [1.82, 2.24) is 5.32 Å². The Hall–Kier alpha value is -3.47. The van der Waals surface area contributed by atoms with Crippen molar-refractivity contribution in [3.05, 3.63) is 71.3 Å². The summed E-state index contributed by atoms with van der Waals surface area (Å²) in [6.45, 7) is 19.0. The number of esters is 1. The van der Waals surface area contributed by atoms with Gasteiger partial charge in [-0.3, -0.25) is 9.59 Å². The van der Waals surface area contributed by atoms with Crippen molar-refractivity contribution >= 4 is 17.9 Å². The maximum Gasteiger partial charge on any atom is 0.490 e. The van der Waals surface area contributed by atoms with Crippen LogP contribution in [0.5, 0.6) is 0 Å². The first-order valence-corrected chi connectivity index (χ1v) is 21.6. The summed E-state index contributed by atoms with van der Waals surface area (Å²) in [6, 6.07) is 9.63. The molecule has 4 saturated carbocycles. The molecular weight excluding hydrogens is 763 g/mol. The predicted molar refractivity (Wildman–Crippen MR) is 219 cm³/mol. The molecule has 0 aromatic heterocycles. The third-order valence-corrected chi connectivity index (χ3v) is 17.3.